The van der Waals surface area contributed by atoms with Crippen LogP contribution in [0.15, 0.2) is 79.5 Å². The Morgan fingerprint density at radius 1 is 0.622 bits per heavy atom. The first-order chi connectivity index (χ1) is 17.7. The van der Waals surface area contributed by atoms with Crippen LogP contribution in [0.25, 0.3) is 11.1 Å². The molecule has 0 amide bonds. The van der Waals surface area contributed by atoms with Crippen molar-refractivity contribution in [3.8, 4) is 11.5 Å². The van der Waals surface area contributed by atoms with E-state index in [1.807, 2.05) is 0 Å². The van der Waals surface area contributed by atoms with Crippen LogP contribution in [0.2, 0.25) is 8.35 Å². The molecule has 5 heteroatoms. The molecule has 3 aliphatic rings. The van der Waals surface area contributed by atoms with Crippen LogP contribution in [-0.4, -0.2) is 36.6 Å². The van der Waals surface area contributed by atoms with Crippen LogP contribution in [0.4, 0.5) is 0 Å². The van der Waals surface area contributed by atoms with Gasteiger partial charge in [-0.15, -0.1) is 0 Å². The molecule has 0 saturated carbocycles. The number of hydrogen-bond acceptors (Lipinski definition) is 4. The second kappa shape index (κ2) is 13.5. The molecule has 2 aliphatic carbocycles. The Kier molecular flexibility index (Phi) is 10.7. The molecule has 0 atom stereocenters. The Morgan fingerprint density at radius 2 is 0.946 bits per heavy atom. The number of aliphatic hydroxyl groups excluding tert-OH is 2. The van der Waals surface area contributed by atoms with E-state index in [1.54, 1.807) is 48.6 Å². The van der Waals surface area contributed by atoms with Crippen molar-refractivity contribution < 1.29 is 39.7 Å². The Morgan fingerprint density at radius 3 is 1.22 bits per heavy atom. The van der Waals surface area contributed by atoms with Crippen molar-refractivity contribution in [2.45, 2.75) is 61.1 Å². The number of methoxy groups -OCH3 is 2. The van der Waals surface area contributed by atoms with Gasteiger partial charge in [0, 0.05) is 12.2 Å². The van der Waals surface area contributed by atoms with Gasteiger partial charge >= 0.3 is 178 Å². The molecule has 1 fully saturated rings. The predicted octanol–water partition coefficient (Wildman–Crippen LogP) is 7.52. The molecule has 198 valence electrons. The molecule has 2 aromatic rings. The van der Waals surface area contributed by atoms with Crippen molar-refractivity contribution in [2.75, 3.05) is 14.2 Å². The molecular formula is C32H42HfO4. The molecule has 0 spiro atoms. The van der Waals surface area contributed by atoms with Crippen LogP contribution < -0.4 is 9.47 Å². The van der Waals surface area contributed by atoms with Gasteiger partial charge in [-0.05, 0) is 27.7 Å². The van der Waals surface area contributed by atoms with Crippen LogP contribution in [0, 0.1) is 0 Å². The minimum atomic E-state index is -2.42. The van der Waals surface area contributed by atoms with Crippen molar-refractivity contribution >= 4 is 11.1 Å². The van der Waals surface area contributed by atoms with E-state index >= 15 is 0 Å². The quantitative estimate of drug-likeness (QED) is 0.313. The van der Waals surface area contributed by atoms with Crippen molar-refractivity contribution in [3.63, 3.8) is 0 Å². The van der Waals surface area contributed by atoms with Gasteiger partial charge in [-0.1, -0.05) is 0 Å². The van der Waals surface area contributed by atoms with Crippen LogP contribution >= 0.6 is 0 Å². The molecule has 0 unspecified atom stereocenters. The average molecular weight is 669 g/mol. The summed E-state index contributed by atoms with van der Waals surface area (Å²) < 4.78 is 17.2. The molecule has 0 bridgehead atoms. The summed E-state index contributed by atoms with van der Waals surface area (Å²) in [6, 6.07) is 17.0. The van der Waals surface area contributed by atoms with Gasteiger partial charge in [0.2, 0.25) is 0 Å². The van der Waals surface area contributed by atoms with Crippen molar-refractivity contribution in [1.82, 2.24) is 0 Å². The van der Waals surface area contributed by atoms with E-state index in [1.165, 1.54) is 30.6 Å². The summed E-state index contributed by atoms with van der Waals surface area (Å²) in [5, 5.41) is 16.1. The van der Waals surface area contributed by atoms with Crippen LogP contribution in [-0.2, 0) is 20.0 Å². The fraction of sp³-hybridized carbons (Fsp3) is 0.375. The third kappa shape index (κ3) is 8.13. The van der Waals surface area contributed by atoms with Gasteiger partial charge in [0.1, 0.15) is 0 Å². The number of benzene rings is 2. The Bertz CT molecular complexity index is 1050. The summed E-state index contributed by atoms with van der Waals surface area (Å²) in [5.41, 5.74) is 5.41. The first-order valence-corrected chi connectivity index (χ1v) is 21.8. The second-order valence-corrected chi connectivity index (χ2v) is 26.3. The number of hydrogen-bond donors (Lipinski definition) is 2. The summed E-state index contributed by atoms with van der Waals surface area (Å²) in [6.07, 6.45) is 11.9. The molecule has 2 N–H and O–H groups in total. The number of allylic oxidation sites excluding steroid dienone is 8. The summed E-state index contributed by atoms with van der Waals surface area (Å²) in [7, 11) is 3.44. The molecule has 1 saturated heterocycles. The zero-order valence-corrected chi connectivity index (χ0v) is 26.7. The van der Waals surface area contributed by atoms with E-state index in [-0.39, 0.29) is 12.2 Å². The summed E-state index contributed by atoms with van der Waals surface area (Å²) in [4.78, 5) is 0. The summed E-state index contributed by atoms with van der Waals surface area (Å²) >= 11 is -2.42. The van der Waals surface area contributed by atoms with Crippen molar-refractivity contribution in [1.29, 1.82) is 0 Å². The predicted molar refractivity (Wildman–Crippen MR) is 152 cm³/mol. The summed E-state index contributed by atoms with van der Waals surface area (Å²) in [5.74, 6) is 1.84. The molecule has 0 radical (unpaired) electrons. The zero-order valence-electron chi connectivity index (χ0n) is 23.1. The maximum absolute atomic E-state index is 8.06. The SMILES string of the molecule is CC(C)O.CC(C)O.COc1ccc(C2=CC[C]([Hf]3([C]4=CC(c5ccc(OC)cc5)=CC4)[CH2][CH2]3)=C2)cc1. The van der Waals surface area contributed by atoms with Gasteiger partial charge in [0.25, 0.3) is 0 Å². The van der Waals surface area contributed by atoms with Crippen molar-refractivity contribution in [3.05, 3.63) is 90.6 Å². The second-order valence-electron chi connectivity index (χ2n) is 10.3. The van der Waals surface area contributed by atoms with E-state index in [0.717, 1.165) is 24.3 Å². The van der Waals surface area contributed by atoms with Crippen LogP contribution in [0.1, 0.15) is 51.7 Å². The minimum absolute atomic E-state index is 0.167. The monoisotopic (exact) mass is 670 g/mol. The van der Waals surface area contributed by atoms with Crippen LogP contribution in [0.3, 0.4) is 0 Å². The van der Waals surface area contributed by atoms with Crippen molar-refractivity contribution in [2.24, 2.45) is 0 Å². The van der Waals surface area contributed by atoms with Crippen LogP contribution in [0.5, 0.6) is 11.5 Å². The van der Waals surface area contributed by atoms with Gasteiger partial charge in [-0.2, -0.15) is 0 Å². The standard InChI is InChI=1S/2C12H11O.2C3H8O.C2H4.Hf/c2*1-13-12-8-6-11(7-9-12)10-4-2-3-5-10;2*1-3(2)4;1-2;/h2*4-9H,2H2,1H3;2*3-4H,1-2H3;1-2H2;. The third-order valence-corrected chi connectivity index (χ3v) is 23.3. The first kappa shape index (κ1) is 29.3. The molecular weight excluding hydrogens is 627 g/mol. The normalized spacial score (nSPS) is 17.0. The van der Waals surface area contributed by atoms with Gasteiger partial charge < -0.3 is 10.2 Å². The molecule has 0 aromatic heterocycles. The molecule has 4 nitrogen and oxygen atoms in total. The van der Waals surface area contributed by atoms with Gasteiger partial charge in [-0.3, -0.25) is 0 Å². The average Bonchev–Trinajstić information content (AvgIpc) is 3.29. The number of ether oxygens (including phenoxy) is 2. The molecule has 1 aliphatic heterocycles. The number of aliphatic hydroxyl groups is 2. The van der Waals surface area contributed by atoms with Gasteiger partial charge in [0.05, 0.1) is 0 Å². The van der Waals surface area contributed by atoms with E-state index < -0.39 is 20.0 Å². The van der Waals surface area contributed by atoms with Gasteiger partial charge in [-0.25, -0.2) is 0 Å². The van der Waals surface area contributed by atoms with E-state index in [9.17, 15) is 0 Å². The topological polar surface area (TPSA) is 58.9 Å². The van der Waals surface area contributed by atoms with E-state index in [2.05, 4.69) is 72.8 Å². The molecule has 37 heavy (non-hydrogen) atoms. The zero-order chi connectivity index (χ0) is 27.0. The molecule has 1 heterocycles. The van der Waals surface area contributed by atoms with E-state index in [0.29, 0.717) is 0 Å². The fourth-order valence-corrected chi connectivity index (χ4v) is 25.7. The first-order valence-electron chi connectivity index (χ1n) is 13.2. The Balaban J connectivity index is 0.000000420. The summed E-state index contributed by atoms with van der Waals surface area (Å²) in [6.45, 7) is 6.89. The molecule has 5 rings (SSSR count). The van der Waals surface area contributed by atoms with Gasteiger partial charge in [0.15, 0.2) is 0 Å². The number of rotatable bonds is 6. The fourth-order valence-electron chi connectivity index (χ4n) is 4.66. The Hall–Kier alpha value is -2.21. The van der Waals surface area contributed by atoms with E-state index in [4.69, 9.17) is 19.7 Å². The molecule has 2 aromatic carbocycles. The third-order valence-electron chi connectivity index (χ3n) is 6.57. The Labute approximate surface area is 227 Å². The maximum atomic E-state index is 8.06.